The second kappa shape index (κ2) is 7.25. The lowest BCUT2D eigenvalue weighted by atomic mass is 9.80. The number of ether oxygens (including phenoxy) is 1. The molecule has 1 aromatic rings. The second-order valence-electron chi connectivity index (χ2n) is 6.32. The van der Waals surface area contributed by atoms with Crippen LogP contribution in [0, 0.1) is 11.3 Å². The number of carbonyl (C=O) groups is 2. The highest BCUT2D eigenvalue weighted by Gasteiger charge is 2.22. The first-order valence-corrected chi connectivity index (χ1v) is 7.31. The molecular formula is C17H25NO3. The third-order valence-corrected chi connectivity index (χ3v) is 3.65. The second-order valence-corrected chi connectivity index (χ2v) is 6.32. The van der Waals surface area contributed by atoms with E-state index in [-0.39, 0.29) is 23.2 Å². The molecule has 0 fully saturated rings. The Kier molecular flexibility index (Phi) is 5.94. The van der Waals surface area contributed by atoms with Crippen molar-refractivity contribution in [2.45, 2.75) is 41.0 Å². The number of hydrogen-bond donors (Lipinski definition) is 1. The van der Waals surface area contributed by atoms with Crippen LogP contribution in [-0.2, 0) is 9.53 Å². The molecule has 1 amide bonds. The van der Waals surface area contributed by atoms with Crippen LogP contribution >= 0.6 is 0 Å². The minimum atomic E-state index is -0.350. The first kappa shape index (κ1) is 17.2. The van der Waals surface area contributed by atoms with Crippen molar-refractivity contribution in [3.05, 3.63) is 29.8 Å². The van der Waals surface area contributed by atoms with Crippen molar-refractivity contribution < 1.29 is 14.3 Å². The van der Waals surface area contributed by atoms with Crippen molar-refractivity contribution in [3.63, 3.8) is 0 Å². The molecule has 1 atom stereocenters. The zero-order valence-corrected chi connectivity index (χ0v) is 13.5. The van der Waals surface area contributed by atoms with Crippen LogP contribution in [0.15, 0.2) is 24.3 Å². The fourth-order valence-corrected chi connectivity index (χ4v) is 1.70. The van der Waals surface area contributed by atoms with Crippen molar-refractivity contribution >= 4 is 17.6 Å². The van der Waals surface area contributed by atoms with Gasteiger partial charge in [-0.05, 0) is 42.5 Å². The highest BCUT2D eigenvalue weighted by Crippen LogP contribution is 2.28. The van der Waals surface area contributed by atoms with E-state index in [2.05, 4.69) is 33.0 Å². The molecule has 0 spiro atoms. The molecule has 1 rings (SSSR count). The van der Waals surface area contributed by atoms with Gasteiger partial charge in [0.25, 0.3) is 0 Å². The lowest BCUT2D eigenvalue weighted by molar-refractivity contribution is -0.117. The Morgan fingerprint density at radius 2 is 1.76 bits per heavy atom. The number of benzene rings is 1. The van der Waals surface area contributed by atoms with Crippen LogP contribution in [0.25, 0.3) is 0 Å². The summed E-state index contributed by atoms with van der Waals surface area (Å²) in [6.07, 6.45) is 0.475. The van der Waals surface area contributed by atoms with Gasteiger partial charge in [-0.3, -0.25) is 4.79 Å². The summed E-state index contributed by atoms with van der Waals surface area (Å²) in [6.45, 7) is 10.6. The zero-order valence-electron chi connectivity index (χ0n) is 13.5. The van der Waals surface area contributed by atoms with Gasteiger partial charge in [-0.15, -0.1) is 0 Å². The van der Waals surface area contributed by atoms with Gasteiger partial charge in [-0.25, -0.2) is 4.79 Å². The molecule has 1 unspecified atom stereocenters. The van der Waals surface area contributed by atoms with Crippen LogP contribution in [0.4, 0.5) is 5.69 Å². The molecule has 0 bridgehead atoms. The Hall–Kier alpha value is -1.84. The third-order valence-electron chi connectivity index (χ3n) is 3.65. The highest BCUT2D eigenvalue weighted by molar-refractivity contribution is 5.93. The summed E-state index contributed by atoms with van der Waals surface area (Å²) in [5, 5.41) is 2.85. The number of amides is 1. The molecule has 0 aliphatic carbocycles. The van der Waals surface area contributed by atoms with Crippen molar-refractivity contribution in [1.82, 2.24) is 0 Å². The Morgan fingerprint density at radius 1 is 1.19 bits per heavy atom. The highest BCUT2D eigenvalue weighted by atomic mass is 16.5. The number of nitrogens with one attached hydrogen (secondary N) is 1. The fraction of sp³-hybridized carbons (Fsp3) is 0.529. The molecule has 21 heavy (non-hydrogen) atoms. The van der Waals surface area contributed by atoms with E-state index in [1.54, 1.807) is 31.2 Å². The van der Waals surface area contributed by atoms with Gasteiger partial charge in [0.2, 0.25) is 5.91 Å². The van der Waals surface area contributed by atoms with E-state index < -0.39 is 0 Å². The van der Waals surface area contributed by atoms with Crippen LogP contribution in [0.1, 0.15) is 51.4 Å². The van der Waals surface area contributed by atoms with Gasteiger partial charge >= 0.3 is 5.97 Å². The van der Waals surface area contributed by atoms with E-state index in [1.165, 1.54) is 0 Å². The van der Waals surface area contributed by atoms with Crippen LogP contribution in [0.5, 0.6) is 0 Å². The van der Waals surface area contributed by atoms with Crippen molar-refractivity contribution in [2.75, 3.05) is 11.9 Å². The van der Waals surface area contributed by atoms with Crippen LogP contribution in [-0.4, -0.2) is 18.5 Å². The maximum atomic E-state index is 12.0. The lowest BCUT2D eigenvalue weighted by Gasteiger charge is -2.26. The molecule has 0 aliphatic heterocycles. The van der Waals surface area contributed by atoms with Gasteiger partial charge in [0.15, 0.2) is 0 Å². The van der Waals surface area contributed by atoms with Crippen molar-refractivity contribution in [3.8, 4) is 0 Å². The molecule has 0 aliphatic rings. The molecule has 1 aromatic carbocycles. The minimum Gasteiger partial charge on any atom is -0.462 e. The van der Waals surface area contributed by atoms with Gasteiger partial charge in [0, 0.05) is 12.1 Å². The summed E-state index contributed by atoms with van der Waals surface area (Å²) in [4.78, 5) is 23.5. The number of carbonyl (C=O) groups excluding carboxylic acids is 2. The summed E-state index contributed by atoms with van der Waals surface area (Å²) >= 11 is 0. The van der Waals surface area contributed by atoms with E-state index in [4.69, 9.17) is 4.74 Å². The van der Waals surface area contributed by atoms with Crippen molar-refractivity contribution in [2.24, 2.45) is 11.3 Å². The van der Waals surface area contributed by atoms with E-state index in [0.29, 0.717) is 24.3 Å². The monoisotopic (exact) mass is 291 g/mol. The van der Waals surface area contributed by atoms with Gasteiger partial charge in [-0.1, -0.05) is 27.7 Å². The average Bonchev–Trinajstić information content (AvgIpc) is 2.38. The molecule has 0 heterocycles. The van der Waals surface area contributed by atoms with Crippen molar-refractivity contribution in [1.29, 1.82) is 0 Å². The molecule has 0 radical (unpaired) electrons. The summed E-state index contributed by atoms with van der Waals surface area (Å²) < 4.78 is 4.91. The molecular weight excluding hydrogens is 266 g/mol. The van der Waals surface area contributed by atoms with Gasteiger partial charge in [0.05, 0.1) is 12.2 Å². The van der Waals surface area contributed by atoms with E-state index in [9.17, 15) is 9.59 Å². The maximum Gasteiger partial charge on any atom is 0.338 e. The molecule has 0 aromatic heterocycles. The number of esters is 1. The first-order chi connectivity index (χ1) is 9.74. The first-order valence-electron chi connectivity index (χ1n) is 7.31. The molecule has 116 valence electrons. The third kappa shape index (κ3) is 5.58. The standard InChI is InChI=1S/C17H25NO3/c1-6-21-16(20)13-7-9-14(10-8-13)18-15(19)11-12(2)17(3,4)5/h7-10,12H,6,11H2,1-5H3,(H,18,19). The topological polar surface area (TPSA) is 55.4 Å². The Bertz CT molecular complexity index is 486. The zero-order chi connectivity index (χ0) is 16.0. The summed E-state index contributed by atoms with van der Waals surface area (Å²) in [7, 11) is 0. The summed E-state index contributed by atoms with van der Waals surface area (Å²) in [6, 6.07) is 6.74. The van der Waals surface area contributed by atoms with Gasteiger partial charge in [0.1, 0.15) is 0 Å². The van der Waals surface area contributed by atoms with E-state index >= 15 is 0 Å². The van der Waals surface area contributed by atoms with Crippen LogP contribution in [0.3, 0.4) is 0 Å². The van der Waals surface area contributed by atoms with Gasteiger partial charge < -0.3 is 10.1 Å². The predicted molar refractivity (Wildman–Crippen MR) is 84.3 cm³/mol. The fourth-order valence-electron chi connectivity index (χ4n) is 1.70. The lowest BCUT2D eigenvalue weighted by Crippen LogP contribution is -2.23. The number of rotatable bonds is 5. The molecule has 0 saturated heterocycles. The quantitative estimate of drug-likeness (QED) is 0.838. The molecule has 4 nitrogen and oxygen atoms in total. The Balaban J connectivity index is 2.60. The molecule has 1 N–H and O–H groups in total. The molecule has 4 heteroatoms. The predicted octanol–water partition coefficient (Wildman–Crippen LogP) is 3.87. The average molecular weight is 291 g/mol. The maximum absolute atomic E-state index is 12.0. The Morgan fingerprint density at radius 3 is 2.24 bits per heavy atom. The normalized spacial score (nSPS) is 12.6. The number of anilines is 1. The Labute approximate surface area is 126 Å². The summed E-state index contributed by atoms with van der Waals surface area (Å²) in [5.41, 5.74) is 1.28. The van der Waals surface area contributed by atoms with Gasteiger partial charge in [-0.2, -0.15) is 0 Å². The largest absolute Gasteiger partial charge is 0.462 e. The minimum absolute atomic E-state index is 0.0127. The van der Waals surface area contributed by atoms with E-state index in [1.807, 2.05) is 0 Å². The summed E-state index contributed by atoms with van der Waals surface area (Å²) in [5.74, 6) is -0.0747. The SMILES string of the molecule is CCOC(=O)c1ccc(NC(=O)CC(C)C(C)(C)C)cc1. The van der Waals surface area contributed by atoms with Crippen LogP contribution < -0.4 is 5.32 Å². The molecule has 0 saturated carbocycles. The van der Waals surface area contributed by atoms with E-state index in [0.717, 1.165) is 0 Å². The van der Waals surface area contributed by atoms with Crippen LogP contribution in [0.2, 0.25) is 0 Å². The number of hydrogen-bond acceptors (Lipinski definition) is 3. The smallest absolute Gasteiger partial charge is 0.338 e.